The average molecular weight is 329 g/mol. The second-order valence-corrected chi connectivity index (χ2v) is 5.27. The molecule has 0 spiro atoms. The number of ether oxygens (including phenoxy) is 2. The van der Waals surface area contributed by atoms with Gasteiger partial charge in [-0.15, -0.1) is 0 Å². The molecule has 21 heavy (non-hydrogen) atoms. The molecule has 0 aromatic carbocycles. The number of hydrogen-bond donors (Lipinski definition) is 0. The van der Waals surface area contributed by atoms with Crippen LogP contribution in [0.1, 0.15) is 20.8 Å². The summed E-state index contributed by atoms with van der Waals surface area (Å²) in [5.74, 6) is -0.949. The van der Waals surface area contributed by atoms with Gasteiger partial charge in [-0.1, -0.05) is 0 Å². The zero-order chi connectivity index (χ0) is 15.7. The van der Waals surface area contributed by atoms with Crippen LogP contribution in [0, 0.1) is 0 Å². The van der Waals surface area contributed by atoms with E-state index in [9.17, 15) is 22.8 Å². The molecule has 0 saturated heterocycles. The monoisotopic (exact) mass is 329 g/mol. The first-order valence-corrected chi connectivity index (χ1v) is 5.81. The summed E-state index contributed by atoms with van der Waals surface area (Å²) in [4.78, 5) is 24.0. The van der Waals surface area contributed by atoms with Crippen molar-refractivity contribution in [2.75, 3.05) is 13.7 Å². The Morgan fingerprint density at radius 1 is 1.29 bits per heavy atom. The molecule has 1 rings (SSSR count). The van der Waals surface area contributed by atoms with Gasteiger partial charge in [0, 0.05) is 0 Å². The minimum Gasteiger partial charge on any atom is -0.467 e. The molecule has 1 heterocycles. The Hall–Kier alpha value is -1.38. The van der Waals surface area contributed by atoms with E-state index in [0.29, 0.717) is 11.0 Å². The molecule has 0 aliphatic carbocycles. The molecule has 1 aliphatic heterocycles. The molecule has 1 atom stereocenters. The molecule has 9 heteroatoms. The van der Waals surface area contributed by atoms with E-state index in [4.69, 9.17) is 4.74 Å². The summed E-state index contributed by atoms with van der Waals surface area (Å²) in [5.41, 5.74) is -1.85. The van der Waals surface area contributed by atoms with Crippen molar-refractivity contribution in [1.29, 1.82) is 0 Å². The Kier molecular flexibility index (Phi) is 6.16. The number of hydrogen-bond acceptors (Lipinski definition) is 4. The van der Waals surface area contributed by atoms with Crippen molar-refractivity contribution in [3.05, 3.63) is 11.6 Å². The SMILES string of the molecule is COC(=O)C1C=C(C(F)(F)F)CN1C(=O)OC(C)(C)C.S. The summed E-state index contributed by atoms with van der Waals surface area (Å²) in [6, 6.07) is -1.42. The van der Waals surface area contributed by atoms with Gasteiger partial charge >= 0.3 is 18.2 Å². The summed E-state index contributed by atoms with van der Waals surface area (Å²) in [6.07, 6.45) is -4.93. The molecule has 0 saturated carbocycles. The molecule has 0 aromatic heterocycles. The van der Waals surface area contributed by atoms with Gasteiger partial charge in [0.05, 0.1) is 19.2 Å². The van der Waals surface area contributed by atoms with Gasteiger partial charge in [-0.05, 0) is 26.8 Å². The minimum absolute atomic E-state index is 0. The fraction of sp³-hybridized carbons (Fsp3) is 0.667. The molecular formula is C12H18F3NO4S. The summed E-state index contributed by atoms with van der Waals surface area (Å²) < 4.78 is 47.4. The van der Waals surface area contributed by atoms with Crippen molar-refractivity contribution < 1.29 is 32.2 Å². The number of amides is 1. The lowest BCUT2D eigenvalue weighted by atomic mass is 10.2. The average Bonchev–Trinajstić information content (AvgIpc) is 2.69. The Bertz CT molecular complexity index is 443. The van der Waals surface area contributed by atoms with Gasteiger partial charge in [-0.3, -0.25) is 4.90 Å². The van der Waals surface area contributed by atoms with E-state index in [1.165, 1.54) is 0 Å². The number of halogens is 3. The lowest BCUT2D eigenvalue weighted by molar-refractivity contribution is -0.144. The number of esters is 1. The van der Waals surface area contributed by atoms with Gasteiger partial charge in [0.25, 0.3) is 0 Å². The molecule has 0 fully saturated rings. The second-order valence-electron chi connectivity index (χ2n) is 5.27. The predicted octanol–water partition coefficient (Wildman–Crippen LogP) is 2.38. The zero-order valence-electron chi connectivity index (χ0n) is 12.1. The van der Waals surface area contributed by atoms with E-state index in [2.05, 4.69) is 4.74 Å². The standard InChI is InChI=1S/C12H16F3NO4.H2S/c1-11(2,3)20-10(18)16-6-7(12(13,14)15)5-8(16)9(17)19-4;/h5,8H,6H2,1-4H3;1H2. The summed E-state index contributed by atoms with van der Waals surface area (Å²) in [6.45, 7) is 3.99. The molecule has 0 aromatic rings. The number of alkyl halides is 3. The summed E-state index contributed by atoms with van der Waals surface area (Å²) in [7, 11) is 1.04. The number of carbonyl (C=O) groups is 2. The molecule has 0 radical (unpaired) electrons. The topological polar surface area (TPSA) is 55.8 Å². The molecular weight excluding hydrogens is 311 g/mol. The van der Waals surface area contributed by atoms with E-state index in [1.54, 1.807) is 20.8 Å². The molecule has 0 bridgehead atoms. The highest BCUT2D eigenvalue weighted by Crippen LogP contribution is 2.32. The van der Waals surface area contributed by atoms with E-state index >= 15 is 0 Å². The smallest absolute Gasteiger partial charge is 0.414 e. The van der Waals surface area contributed by atoms with Crippen molar-refractivity contribution in [2.45, 2.75) is 38.6 Å². The lowest BCUT2D eigenvalue weighted by Crippen LogP contribution is -2.44. The van der Waals surface area contributed by atoms with E-state index in [0.717, 1.165) is 7.11 Å². The van der Waals surface area contributed by atoms with Gasteiger partial charge in [0.15, 0.2) is 6.04 Å². The number of rotatable bonds is 1. The highest BCUT2D eigenvalue weighted by atomic mass is 32.1. The van der Waals surface area contributed by atoms with Crippen LogP contribution in [0.4, 0.5) is 18.0 Å². The number of methoxy groups -OCH3 is 1. The molecule has 5 nitrogen and oxygen atoms in total. The Morgan fingerprint density at radius 3 is 2.19 bits per heavy atom. The largest absolute Gasteiger partial charge is 0.467 e. The third-order valence-electron chi connectivity index (χ3n) is 2.47. The van der Waals surface area contributed by atoms with Gasteiger partial charge in [0.2, 0.25) is 0 Å². The van der Waals surface area contributed by atoms with Crippen molar-refractivity contribution in [3.8, 4) is 0 Å². The Morgan fingerprint density at radius 2 is 1.81 bits per heavy atom. The van der Waals surface area contributed by atoms with Crippen molar-refractivity contribution in [2.24, 2.45) is 0 Å². The van der Waals surface area contributed by atoms with Gasteiger partial charge in [-0.25, -0.2) is 9.59 Å². The van der Waals surface area contributed by atoms with Gasteiger partial charge in [0.1, 0.15) is 5.60 Å². The molecule has 1 aliphatic rings. The fourth-order valence-corrected chi connectivity index (χ4v) is 1.61. The van der Waals surface area contributed by atoms with Crippen LogP contribution in [0.2, 0.25) is 0 Å². The highest BCUT2D eigenvalue weighted by Gasteiger charge is 2.45. The maximum absolute atomic E-state index is 12.7. The van der Waals surface area contributed by atoms with E-state index in [1.807, 2.05) is 0 Å². The van der Waals surface area contributed by atoms with Gasteiger partial charge < -0.3 is 9.47 Å². The maximum atomic E-state index is 12.7. The molecule has 122 valence electrons. The predicted molar refractivity (Wildman–Crippen MR) is 73.3 cm³/mol. The van der Waals surface area contributed by atoms with Crippen molar-refractivity contribution in [1.82, 2.24) is 4.90 Å². The first-order chi connectivity index (χ1) is 8.95. The van der Waals surface area contributed by atoms with Crippen LogP contribution in [0.15, 0.2) is 11.6 Å². The molecule has 0 N–H and O–H groups in total. The van der Waals surface area contributed by atoms with Crippen LogP contribution in [-0.4, -0.2) is 48.4 Å². The first-order valence-electron chi connectivity index (χ1n) is 5.81. The first kappa shape index (κ1) is 19.6. The fourth-order valence-electron chi connectivity index (χ4n) is 1.61. The summed E-state index contributed by atoms with van der Waals surface area (Å²) >= 11 is 0. The van der Waals surface area contributed by atoms with Crippen molar-refractivity contribution >= 4 is 25.6 Å². The number of nitrogens with zero attached hydrogens (tertiary/aromatic N) is 1. The quantitative estimate of drug-likeness (QED) is 0.547. The van der Waals surface area contributed by atoms with Crippen LogP contribution < -0.4 is 0 Å². The summed E-state index contributed by atoms with van der Waals surface area (Å²) in [5, 5.41) is 0. The lowest BCUT2D eigenvalue weighted by Gasteiger charge is -2.27. The van der Waals surface area contributed by atoms with Crippen molar-refractivity contribution in [3.63, 3.8) is 0 Å². The zero-order valence-corrected chi connectivity index (χ0v) is 13.1. The highest BCUT2D eigenvalue weighted by molar-refractivity contribution is 7.59. The van der Waals surface area contributed by atoms with E-state index < -0.39 is 42.0 Å². The Labute approximate surface area is 127 Å². The molecule has 1 unspecified atom stereocenters. The second kappa shape index (κ2) is 6.59. The van der Waals surface area contributed by atoms with Crippen LogP contribution in [-0.2, 0) is 14.3 Å². The van der Waals surface area contributed by atoms with Crippen LogP contribution in [0.25, 0.3) is 0 Å². The van der Waals surface area contributed by atoms with Crippen LogP contribution in [0.5, 0.6) is 0 Å². The van der Waals surface area contributed by atoms with Crippen LogP contribution in [0.3, 0.4) is 0 Å². The van der Waals surface area contributed by atoms with Gasteiger partial charge in [-0.2, -0.15) is 26.7 Å². The third kappa shape index (κ3) is 5.14. The maximum Gasteiger partial charge on any atom is 0.414 e. The Balaban J connectivity index is 0.00000400. The normalized spacial score (nSPS) is 18.7. The van der Waals surface area contributed by atoms with E-state index in [-0.39, 0.29) is 13.5 Å². The number of carbonyl (C=O) groups excluding carboxylic acids is 2. The minimum atomic E-state index is -4.61. The third-order valence-corrected chi connectivity index (χ3v) is 2.47. The van der Waals surface area contributed by atoms with Crippen LogP contribution >= 0.6 is 13.5 Å². The molecule has 1 amide bonds.